The first-order chi connectivity index (χ1) is 10.1. The predicted octanol–water partition coefficient (Wildman–Crippen LogP) is 0.529. The van der Waals surface area contributed by atoms with Gasteiger partial charge in [0, 0.05) is 31.7 Å². The second-order valence-corrected chi connectivity index (χ2v) is 5.78. The van der Waals surface area contributed by atoms with E-state index in [4.69, 9.17) is 5.73 Å². The highest BCUT2D eigenvalue weighted by Crippen LogP contribution is 2.26. The maximum Gasteiger partial charge on any atom is 0.234 e. The summed E-state index contributed by atoms with van der Waals surface area (Å²) in [5.74, 6) is 0.257. The molecule has 0 radical (unpaired) electrons. The topological polar surface area (TPSA) is 88.3 Å². The fraction of sp³-hybridized carbons (Fsp3) is 0.533. The average Bonchev–Trinajstić information content (AvgIpc) is 2.48. The van der Waals surface area contributed by atoms with Gasteiger partial charge in [-0.3, -0.25) is 14.9 Å². The van der Waals surface area contributed by atoms with Gasteiger partial charge in [0.15, 0.2) is 0 Å². The van der Waals surface area contributed by atoms with E-state index in [0.29, 0.717) is 18.9 Å². The van der Waals surface area contributed by atoms with Crippen LogP contribution in [-0.4, -0.2) is 35.9 Å². The molecule has 3 heterocycles. The van der Waals surface area contributed by atoms with Crippen molar-refractivity contribution in [3.63, 3.8) is 0 Å². The van der Waals surface area contributed by atoms with Crippen LogP contribution in [0.3, 0.4) is 0 Å². The van der Waals surface area contributed by atoms with Crippen LogP contribution in [0, 0.1) is 0 Å². The molecule has 1 aromatic rings. The highest BCUT2D eigenvalue weighted by Gasteiger charge is 2.28. The maximum absolute atomic E-state index is 11.8. The zero-order valence-electron chi connectivity index (χ0n) is 11.9. The Kier molecular flexibility index (Phi) is 3.88. The van der Waals surface area contributed by atoms with E-state index < -0.39 is 0 Å². The van der Waals surface area contributed by atoms with Gasteiger partial charge in [-0.1, -0.05) is 6.07 Å². The third-order valence-electron chi connectivity index (χ3n) is 4.28. The molecule has 6 heteroatoms. The van der Waals surface area contributed by atoms with E-state index in [0.717, 1.165) is 37.3 Å². The van der Waals surface area contributed by atoms with Gasteiger partial charge in [0.25, 0.3) is 0 Å². The van der Waals surface area contributed by atoms with Gasteiger partial charge in [0.1, 0.15) is 5.82 Å². The quantitative estimate of drug-likeness (QED) is 0.775. The number of nitrogens with zero attached hydrogens (tertiary/aromatic N) is 2. The summed E-state index contributed by atoms with van der Waals surface area (Å²) in [4.78, 5) is 29.7. The summed E-state index contributed by atoms with van der Waals surface area (Å²) >= 11 is 0. The summed E-state index contributed by atoms with van der Waals surface area (Å²) in [6.45, 7) is 1.85. The summed E-state index contributed by atoms with van der Waals surface area (Å²) in [5, 5.41) is 2.38. The van der Waals surface area contributed by atoms with Gasteiger partial charge in [-0.15, -0.1) is 0 Å². The number of carbonyl (C=O) groups is 2. The molecule has 2 aliphatic rings. The molecule has 0 saturated carbocycles. The summed E-state index contributed by atoms with van der Waals surface area (Å²) in [7, 11) is 0. The van der Waals surface area contributed by atoms with Crippen molar-refractivity contribution in [3.05, 3.63) is 23.9 Å². The Morgan fingerprint density at radius 2 is 1.95 bits per heavy atom. The number of pyridine rings is 1. The van der Waals surface area contributed by atoms with Gasteiger partial charge in [0.2, 0.25) is 11.8 Å². The van der Waals surface area contributed by atoms with E-state index in [2.05, 4.69) is 15.2 Å². The molecular formula is C15H20N4O2. The first kappa shape index (κ1) is 14.0. The van der Waals surface area contributed by atoms with Crippen LogP contribution in [0.25, 0.3) is 0 Å². The number of nitrogens with one attached hydrogen (secondary N) is 1. The lowest BCUT2D eigenvalue weighted by Gasteiger charge is -2.31. The van der Waals surface area contributed by atoms with Gasteiger partial charge in [-0.05, 0) is 30.9 Å². The minimum Gasteiger partial charge on any atom is -0.357 e. The monoisotopic (exact) mass is 288 g/mol. The average molecular weight is 288 g/mol. The molecule has 0 bridgehead atoms. The molecule has 3 N–H and O–H groups in total. The van der Waals surface area contributed by atoms with Crippen molar-refractivity contribution < 1.29 is 9.59 Å². The highest BCUT2D eigenvalue weighted by atomic mass is 16.2. The Labute approximate surface area is 123 Å². The second kappa shape index (κ2) is 5.81. The number of hydrogen-bond acceptors (Lipinski definition) is 5. The van der Waals surface area contributed by atoms with Crippen molar-refractivity contribution in [1.82, 2.24) is 10.3 Å². The van der Waals surface area contributed by atoms with Crippen LogP contribution in [-0.2, 0) is 9.59 Å². The Morgan fingerprint density at radius 3 is 2.57 bits per heavy atom. The summed E-state index contributed by atoms with van der Waals surface area (Å²) in [5.41, 5.74) is 6.78. The van der Waals surface area contributed by atoms with Crippen molar-refractivity contribution in [2.75, 3.05) is 18.0 Å². The van der Waals surface area contributed by atoms with Crippen molar-refractivity contribution in [3.8, 4) is 0 Å². The predicted molar refractivity (Wildman–Crippen MR) is 78.8 cm³/mol. The molecule has 0 aliphatic carbocycles. The number of aromatic nitrogens is 1. The Hall–Kier alpha value is -1.95. The Morgan fingerprint density at radius 1 is 1.19 bits per heavy atom. The smallest absolute Gasteiger partial charge is 0.234 e. The highest BCUT2D eigenvalue weighted by molar-refractivity contribution is 6.00. The van der Waals surface area contributed by atoms with Crippen molar-refractivity contribution >= 4 is 17.6 Å². The number of amides is 2. The van der Waals surface area contributed by atoms with Crippen LogP contribution in [0.4, 0.5) is 5.82 Å². The minimum absolute atomic E-state index is 0.189. The van der Waals surface area contributed by atoms with Gasteiger partial charge in [-0.25, -0.2) is 4.98 Å². The van der Waals surface area contributed by atoms with Crippen molar-refractivity contribution in [2.45, 2.75) is 37.6 Å². The molecule has 0 aromatic carbocycles. The largest absolute Gasteiger partial charge is 0.357 e. The minimum atomic E-state index is -0.265. The lowest BCUT2D eigenvalue weighted by atomic mass is 9.92. The molecular weight excluding hydrogens is 268 g/mol. The number of anilines is 1. The van der Waals surface area contributed by atoms with E-state index in [-0.39, 0.29) is 17.7 Å². The molecule has 2 saturated heterocycles. The number of rotatable bonds is 2. The van der Waals surface area contributed by atoms with Crippen LogP contribution < -0.4 is 16.0 Å². The molecule has 2 aliphatic heterocycles. The maximum atomic E-state index is 11.8. The van der Waals surface area contributed by atoms with Gasteiger partial charge < -0.3 is 10.6 Å². The fourth-order valence-electron chi connectivity index (χ4n) is 2.93. The molecule has 112 valence electrons. The number of imide groups is 1. The van der Waals surface area contributed by atoms with Gasteiger partial charge in [0.05, 0.1) is 5.92 Å². The normalized spacial score (nSPS) is 24.0. The van der Waals surface area contributed by atoms with E-state index >= 15 is 0 Å². The standard InChI is InChI=1S/C15H20N4O2/c16-11-5-7-19(8-6-11)13-3-1-10(9-17-13)12-2-4-14(20)18-15(12)21/h1,3,9,11-12H,2,4-8,16H2,(H,18,20,21). The molecule has 6 nitrogen and oxygen atoms in total. The van der Waals surface area contributed by atoms with Crippen LogP contribution in [0.5, 0.6) is 0 Å². The van der Waals surface area contributed by atoms with Gasteiger partial charge >= 0.3 is 0 Å². The van der Waals surface area contributed by atoms with Crippen molar-refractivity contribution in [2.24, 2.45) is 5.73 Å². The van der Waals surface area contributed by atoms with Gasteiger partial charge in [-0.2, -0.15) is 0 Å². The Balaban J connectivity index is 1.69. The third kappa shape index (κ3) is 3.05. The summed E-state index contributed by atoms with van der Waals surface area (Å²) in [6, 6.07) is 4.19. The number of hydrogen-bond donors (Lipinski definition) is 2. The third-order valence-corrected chi connectivity index (χ3v) is 4.28. The summed E-state index contributed by atoms with van der Waals surface area (Å²) < 4.78 is 0. The van der Waals surface area contributed by atoms with Crippen LogP contribution in [0.1, 0.15) is 37.2 Å². The van der Waals surface area contributed by atoms with Crippen LogP contribution in [0.15, 0.2) is 18.3 Å². The van der Waals surface area contributed by atoms with E-state index in [1.807, 2.05) is 12.1 Å². The van der Waals surface area contributed by atoms with Crippen molar-refractivity contribution in [1.29, 1.82) is 0 Å². The zero-order chi connectivity index (χ0) is 14.8. The molecule has 2 fully saturated rings. The van der Waals surface area contributed by atoms with Crippen LogP contribution in [0.2, 0.25) is 0 Å². The zero-order valence-corrected chi connectivity index (χ0v) is 11.9. The Bertz CT molecular complexity index is 535. The van der Waals surface area contributed by atoms with Crippen LogP contribution >= 0.6 is 0 Å². The SMILES string of the molecule is NC1CCN(c2ccc(C3CCC(=O)NC3=O)cn2)CC1. The number of carbonyl (C=O) groups excluding carboxylic acids is 2. The number of piperidine rings is 2. The lowest BCUT2D eigenvalue weighted by molar-refractivity contribution is -0.134. The first-order valence-electron chi connectivity index (χ1n) is 7.43. The number of nitrogens with two attached hydrogens (primary N) is 1. The molecule has 0 spiro atoms. The molecule has 1 unspecified atom stereocenters. The molecule has 2 amide bonds. The molecule has 1 atom stereocenters. The second-order valence-electron chi connectivity index (χ2n) is 5.78. The first-order valence-corrected chi connectivity index (χ1v) is 7.43. The molecule has 3 rings (SSSR count). The molecule has 1 aromatic heterocycles. The summed E-state index contributed by atoms with van der Waals surface area (Å²) in [6.07, 6.45) is 4.67. The van der Waals surface area contributed by atoms with E-state index in [1.165, 1.54) is 0 Å². The van der Waals surface area contributed by atoms with E-state index in [1.54, 1.807) is 6.20 Å². The molecule has 21 heavy (non-hydrogen) atoms. The van der Waals surface area contributed by atoms with E-state index in [9.17, 15) is 9.59 Å². The fourth-order valence-corrected chi connectivity index (χ4v) is 2.93. The lowest BCUT2D eigenvalue weighted by Crippen LogP contribution is -2.40.